The molecule has 3 nitrogen and oxygen atoms in total. The fourth-order valence-electron chi connectivity index (χ4n) is 0.422. The molecule has 0 aromatic rings. The van der Waals surface area contributed by atoms with Crippen molar-refractivity contribution in [3.8, 4) is 6.07 Å². The Balaban J connectivity index is 4.33. The van der Waals surface area contributed by atoms with Crippen LogP contribution in [0.5, 0.6) is 0 Å². The van der Waals surface area contributed by atoms with Crippen LogP contribution in [-0.2, 0) is 4.79 Å². The third-order valence-corrected chi connectivity index (χ3v) is 1.10. The standard InChI is InChI=1S/C7H10F2N2O/c1-6(2,4-10)11-5(12)7(3,8)9/h1-3H3,(H,11,12). The van der Waals surface area contributed by atoms with Crippen molar-refractivity contribution in [2.75, 3.05) is 0 Å². The number of nitrogens with zero attached hydrogens (tertiary/aromatic N) is 1. The lowest BCUT2D eigenvalue weighted by molar-refractivity contribution is -0.144. The van der Waals surface area contributed by atoms with Crippen molar-refractivity contribution < 1.29 is 13.6 Å². The summed E-state index contributed by atoms with van der Waals surface area (Å²) >= 11 is 0. The summed E-state index contributed by atoms with van der Waals surface area (Å²) in [6.45, 7) is 3.17. The molecule has 0 saturated carbocycles. The first-order valence-corrected chi connectivity index (χ1v) is 3.31. The smallest absolute Gasteiger partial charge is 0.321 e. The Kier molecular flexibility index (Phi) is 2.75. The summed E-state index contributed by atoms with van der Waals surface area (Å²) in [6, 6.07) is 1.68. The van der Waals surface area contributed by atoms with Crippen molar-refractivity contribution in [1.82, 2.24) is 5.32 Å². The first-order chi connectivity index (χ1) is 5.19. The van der Waals surface area contributed by atoms with E-state index in [1.165, 1.54) is 13.8 Å². The van der Waals surface area contributed by atoms with E-state index in [0.29, 0.717) is 6.92 Å². The molecule has 0 bridgehead atoms. The van der Waals surface area contributed by atoms with Gasteiger partial charge in [0.2, 0.25) is 0 Å². The van der Waals surface area contributed by atoms with E-state index in [9.17, 15) is 13.6 Å². The summed E-state index contributed by atoms with van der Waals surface area (Å²) in [6.07, 6.45) is 0. The molecule has 1 N–H and O–H groups in total. The van der Waals surface area contributed by atoms with Gasteiger partial charge in [0.05, 0.1) is 6.07 Å². The molecule has 0 heterocycles. The summed E-state index contributed by atoms with van der Waals surface area (Å²) in [5.41, 5.74) is -1.25. The highest BCUT2D eigenvalue weighted by Crippen LogP contribution is 2.13. The lowest BCUT2D eigenvalue weighted by Crippen LogP contribution is -2.48. The Morgan fingerprint density at radius 2 is 1.83 bits per heavy atom. The van der Waals surface area contributed by atoms with Crippen molar-refractivity contribution >= 4 is 5.91 Å². The molecule has 0 fully saturated rings. The number of carbonyl (C=O) groups excluding carboxylic acids is 1. The molecule has 0 aromatic heterocycles. The van der Waals surface area contributed by atoms with Gasteiger partial charge in [-0.15, -0.1) is 0 Å². The molecular weight excluding hydrogens is 166 g/mol. The predicted octanol–water partition coefficient (Wildman–Crippen LogP) is 1.06. The molecule has 0 atom stereocenters. The SMILES string of the molecule is CC(C)(C#N)NC(=O)C(C)(F)F. The van der Waals surface area contributed by atoms with E-state index in [0.717, 1.165) is 0 Å². The second-order valence-electron chi connectivity index (χ2n) is 3.08. The van der Waals surface area contributed by atoms with E-state index in [1.807, 2.05) is 5.32 Å². The molecular formula is C7H10F2N2O. The largest absolute Gasteiger partial charge is 0.333 e. The molecule has 0 saturated heterocycles. The van der Waals surface area contributed by atoms with Crippen LogP contribution in [0.2, 0.25) is 0 Å². The van der Waals surface area contributed by atoms with Gasteiger partial charge in [0.15, 0.2) is 0 Å². The molecule has 0 unspecified atom stereocenters. The Bertz CT molecular complexity index is 225. The number of rotatable bonds is 2. The van der Waals surface area contributed by atoms with Crippen LogP contribution in [0.25, 0.3) is 0 Å². The number of nitrogens with one attached hydrogen (secondary N) is 1. The van der Waals surface area contributed by atoms with Gasteiger partial charge in [0, 0.05) is 6.92 Å². The maximum absolute atomic E-state index is 12.3. The van der Waals surface area contributed by atoms with E-state index in [2.05, 4.69) is 0 Å². The molecule has 0 aliphatic carbocycles. The van der Waals surface area contributed by atoms with Crippen molar-refractivity contribution in [3.63, 3.8) is 0 Å². The quantitative estimate of drug-likeness (QED) is 0.683. The average Bonchev–Trinajstić information content (AvgIpc) is 1.85. The van der Waals surface area contributed by atoms with Gasteiger partial charge in [0.1, 0.15) is 5.54 Å². The molecule has 12 heavy (non-hydrogen) atoms. The van der Waals surface area contributed by atoms with Crippen LogP contribution in [0.1, 0.15) is 20.8 Å². The Morgan fingerprint density at radius 3 is 2.08 bits per heavy atom. The van der Waals surface area contributed by atoms with Crippen LogP contribution >= 0.6 is 0 Å². The van der Waals surface area contributed by atoms with Gasteiger partial charge >= 0.3 is 5.92 Å². The number of hydrogen-bond acceptors (Lipinski definition) is 2. The highest BCUT2D eigenvalue weighted by Gasteiger charge is 2.35. The van der Waals surface area contributed by atoms with E-state index < -0.39 is 17.4 Å². The van der Waals surface area contributed by atoms with E-state index in [1.54, 1.807) is 6.07 Å². The average molecular weight is 176 g/mol. The lowest BCUT2D eigenvalue weighted by atomic mass is 10.1. The third-order valence-electron chi connectivity index (χ3n) is 1.10. The van der Waals surface area contributed by atoms with Crippen LogP contribution in [-0.4, -0.2) is 17.4 Å². The number of amides is 1. The second kappa shape index (κ2) is 3.05. The summed E-state index contributed by atoms with van der Waals surface area (Å²) in [5, 5.41) is 10.3. The zero-order chi connectivity index (χ0) is 9.99. The molecule has 0 aliphatic heterocycles. The van der Waals surface area contributed by atoms with Crippen LogP contribution in [0.15, 0.2) is 0 Å². The van der Waals surface area contributed by atoms with Crippen LogP contribution < -0.4 is 5.32 Å². The maximum Gasteiger partial charge on any atom is 0.321 e. The van der Waals surface area contributed by atoms with Gasteiger partial charge < -0.3 is 5.32 Å². The van der Waals surface area contributed by atoms with Gasteiger partial charge in [0.25, 0.3) is 5.91 Å². The van der Waals surface area contributed by atoms with Crippen LogP contribution in [0.4, 0.5) is 8.78 Å². The first-order valence-electron chi connectivity index (χ1n) is 3.31. The van der Waals surface area contributed by atoms with Crippen LogP contribution in [0, 0.1) is 11.3 Å². The topological polar surface area (TPSA) is 52.9 Å². The second-order valence-corrected chi connectivity index (χ2v) is 3.08. The molecule has 5 heteroatoms. The zero-order valence-electron chi connectivity index (χ0n) is 7.11. The van der Waals surface area contributed by atoms with Gasteiger partial charge in [-0.2, -0.15) is 14.0 Å². The molecule has 68 valence electrons. The van der Waals surface area contributed by atoms with Crippen molar-refractivity contribution in [1.29, 1.82) is 5.26 Å². The third kappa shape index (κ3) is 3.28. The number of nitriles is 1. The van der Waals surface area contributed by atoms with E-state index in [4.69, 9.17) is 5.26 Å². The minimum atomic E-state index is -3.44. The van der Waals surface area contributed by atoms with Gasteiger partial charge in [-0.05, 0) is 13.8 Å². The van der Waals surface area contributed by atoms with Gasteiger partial charge in [-0.3, -0.25) is 4.79 Å². The summed E-state index contributed by atoms with van der Waals surface area (Å²) in [4.78, 5) is 10.6. The van der Waals surface area contributed by atoms with E-state index >= 15 is 0 Å². The Labute approximate surface area is 69.4 Å². The van der Waals surface area contributed by atoms with Crippen molar-refractivity contribution in [2.45, 2.75) is 32.2 Å². The molecule has 1 amide bonds. The highest BCUT2D eigenvalue weighted by molar-refractivity contribution is 5.83. The molecule has 0 aliphatic rings. The van der Waals surface area contributed by atoms with Crippen molar-refractivity contribution in [2.24, 2.45) is 0 Å². The van der Waals surface area contributed by atoms with E-state index in [-0.39, 0.29) is 0 Å². The summed E-state index contributed by atoms with van der Waals surface area (Å²) in [5.74, 6) is -4.87. The summed E-state index contributed by atoms with van der Waals surface area (Å²) in [7, 11) is 0. The normalized spacial score (nSPS) is 12.0. The lowest BCUT2D eigenvalue weighted by Gasteiger charge is -2.19. The van der Waals surface area contributed by atoms with Gasteiger partial charge in [-0.1, -0.05) is 0 Å². The predicted molar refractivity (Wildman–Crippen MR) is 38.5 cm³/mol. The fourth-order valence-corrected chi connectivity index (χ4v) is 0.422. The minimum absolute atomic E-state index is 0.482. The first kappa shape index (κ1) is 10.8. The van der Waals surface area contributed by atoms with Crippen molar-refractivity contribution in [3.05, 3.63) is 0 Å². The maximum atomic E-state index is 12.3. The molecule has 0 aromatic carbocycles. The highest BCUT2D eigenvalue weighted by atomic mass is 19.3. The monoisotopic (exact) mass is 176 g/mol. The fraction of sp³-hybridized carbons (Fsp3) is 0.714. The number of carbonyl (C=O) groups is 1. The molecule has 0 rings (SSSR count). The zero-order valence-corrected chi connectivity index (χ0v) is 7.11. The Hall–Kier alpha value is -1.18. The van der Waals surface area contributed by atoms with Crippen LogP contribution in [0.3, 0.4) is 0 Å². The minimum Gasteiger partial charge on any atom is -0.333 e. The Morgan fingerprint density at radius 1 is 1.42 bits per heavy atom. The number of halogens is 2. The number of hydrogen-bond donors (Lipinski definition) is 1. The number of alkyl halides is 2. The molecule has 0 spiro atoms. The molecule has 0 radical (unpaired) electrons. The van der Waals surface area contributed by atoms with Gasteiger partial charge in [-0.25, -0.2) is 0 Å². The summed E-state index contributed by atoms with van der Waals surface area (Å²) < 4.78 is 24.5.